The maximum Gasteiger partial charge on any atom is 0.240 e. The second kappa shape index (κ2) is 6.83. The third-order valence-corrected chi connectivity index (χ3v) is 5.20. The van der Waals surface area contributed by atoms with Crippen LogP contribution in [0.5, 0.6) is 0 Å². The fourth-order valence-corrected chi connectivity index (χ4v) is 3.49. The molecule has 1 aromatic carbocycles. The van der Waals surface area contributed by atoms with E-state index >= 15 is 0 Å². The van der Waals surface area contributed by atoms with Crippen LogP contribution in [0.25, 0.3) is 0 Å². The molecule has 1 rings (SSSR count). The first-order valence-electron chi connectivity index (χ1n) is 6.24. The average Bonchev–Trinajstić information content (AvgIpc) is 2.35. The molecule has 0 radical (unpaired) electrons. The standard InChI is InChI=1S/C13H20BrNO3S/c1-4-9(2)13(10(3)16)15-19(17,18)12-7-5-11(14)6-8-12/h5-10,13,15-16H,4H2,1-3H3/t9-,10?,13-/m0/s1. The van der Waals surface area contributed by atoms with Gasteiger partial charge in [0, 0.05) is 4.47 Å². The van der Waals surface area contributed by atoms with Gasteiger partial charge in [-0.15, -0.1) is 0 Å². The molecule has 0 aliphatic heterocycles. The van der Waals surface area contributed by atoms with Gasteiger partial charge in [-0.3, -0.25) is 0 Å². The molecule has 4 nitrogen and oxygen atoms in total. The second-order valence-electron chi connectivity index (χ2n) is 4.73. The van der Waals surface area contributed by atoms with E-state index in [2.05, 4.69) is 20.7 Å². The lowest BCUT2D eigenvalue weighted by Gasteiger charge is -2.26. The van der Waals surface area contributed by atoms with Gasteiger partial charge in [-0.05, 0) is 37.1 Å². The third kappa shape index (κ3) is 4.56. The molecule has 0 saturated carbocycles. The number of hydrogen-bond donors (Lipinski definition) is 2. The van der Waals surface area contributed by atoms with Crippen LogP contribution in [-0.4, -0.2) is 25.7 Å². The van der Waals surface area contributed by atoms with Crippen LogP contribution in [0.2, 0.25) is 0 Å². The normalized spacial score (nSPS) is 16.9. The maximum atomic E-state index is 12.2. The molecular weight excluding hydrogens is 330 g/mol. The Morgan fingerprint density at radius 3 is 2.21 bits per heavy atom. The van der Waals surface area contributed by atoms with Crippen molar-refractivity contribution in [3.8, 4) is 0 Å². The van der Waals surface area contributed by atoms with Crippen molar-refractivity contribution >= 4 is 26.0 Å². The summed E-state index contributed by atoms with van der Waals surface area (Å²) < 4.78 is 27.9. The Kier molecular flexibility index (Phi) is 5.98. The number of nitrogens with one attached hydrogen (secondary N) is 1. The van der Waals surface area contributed by atoms with Crippen molar-refractivity contribution in [2.24, 2.45) is 5.92 Å². The number of benzene rings is 1. The van der Waals surface area contributed by atoms with E-state index in [1.165, 1.54) is 12.1 Å². The smallest absolute Gasteiger partial charge is 0.240 e. The number of aliphatic hydroxyl groups excluding tert-OH is 1. The lowest BCUT2D eigenvalue weighted by atomic mass is 9.96. The van der Waals surface area contributed by atoms with Crippen molar-refractivity contribution < 1.29 is 13.5 Å². The summed E-state index contributed by atoms with van der Waals surface area (Å²) in [6.07, 6.45) is 0.0542. The van der Waals surface area contributed by atoms with Crippen molar-refractivity contribution in [2.45, 2.75) is 44.2 Å². The zero-order valence-corrected chi connectivity index (χ0v) is 13.7. The Bertz CT molecular complexity index is 499. The summed E-state index contributed by atoms with van der Waals surface area (Å²) in [5.41, 5.74) is 0. The molecule has 0 saturated heterocycles. The summed E-state index contributed by atoms with van der Waals surface area (Å²) in [4.78, 5) is 0.199. The Morgan fingerprint density at radius 2 is 1.79 bits per heavy atom. The molecular formula is C13H20BrNO3S. The molecule has 19 heavy (non-hydrogen) atoms. The zero-order valence-electron chi connectivity index (χ0n) is 11.3. The van der Waals surface area contributed by atoms with Crippen molar-refractivity contribution in [1.82, 2.24) is 4.72 Å². The largest absolute Gasteiger partial charge is 0.392 e. The van der Waals surface area contributed by atoms with Crippen LogP contribution in [0.4, 0.5) is 0 Å². The van der Waals surface area contributed by atoms with Gasteiger partial charge < -0.3 is 5.11 Å². The predicted octanol–water partition coefficient (Wildman–Crippen LogP) is 2.52. The second-order valence-corrected chi connectivity index (χ2v) is 7.36. The summed E-state index contributed by atoms with van der Waals surface area (Å²) in [5.74, 6) is 0.0604. The number of aliphatic hydroxyl groups is 1. The minimum absolute atomic E-state index is 0.0604. The van der Waals surface area contributed by atoms with Gasteiger partial charge >= 0.3 is 0 Å². The van der Waals surface area contributed by atoms with E-state index < -0.39 is 22.2 Å². The van der Waals surface area contributed by atoms with Gasteiger partial charge in [-0.2, -0.15) is 0 Å². The minimum atomic E-state index is -3.61. The van der Waals surface area contributed by atoms with E-state index in [9.17, 15) is 13.5 Å². The number of rotatable bonds is 6. The summed E-state index contributed by atoms with van der Waals surface area (Å²) in [6, 6.07) is 5.92. The molecule has 0 spiro atoms. The number of halogens is 1. The molecule has 0 heterocycles. The highest BCUT2D eigenvalue weighted by Crippen LogP contribution is 2.18. The summed E-state index contributed by atoms with van der Waals surface area (Å²) in [6.45, 7) is 5.48. The van der Waals surface area contributed by atoms with E-state index in [4.69, 9.17) is 0 Å². The van der Waals surface area contributed by atoms with Crippen LogP contribution < -0.4 is 4.72 Å². The van der Waals surface area contributed by atoms with E-state index in [-0.39, 0.29) is 10.8 Å². The van der Waals surface area contributed by atoms with Crippen LogP contribution >= 0.6 is 15.9 Å². The van der Waals surface area contributed by atoms with E-state index in [0.29, 0.717) is 0 Å². The van der Waals surface area contributed by atoms with Gasteiger partial charge in [0.05, 0.1) is 17.0 Å². The minimum Gasteiger partial charge on any atom is -0.392 e. The first-order valence-corrected chi connectivity index (χ1v) is 8.51. The van der Waals surface area contributed by atoms with Crippen molar-refractivity contribution in [3.05, 3.63) is 28.7 Å². The molecule has 108 valence electrons. The Hall–Kier alpha value is -0.430. The molecule has 0 amide bonds. The summed E-state index contributed by atoms with van der Waals surface area (Å²) in [5, 5.41) is 9.73. The molecule has 0 aromatic heterocycles. The van der Waals surface area contributed by atoms with Crippen molar-refractivity contribution in [3.63, 3.8) is 0 Å². The molecule has 1 unspecified atom stereocenters. The zero-order chi connectivity index (χ0) is 14.6. The monoisotopic (exact) mass is 349 g/mol. The lowest BCUT2D eigenvalue weighted by molar-refractivity contribution is 0.128. The fourth-order valence-electron chi connectivity index (χ4n) is 1.80. The summed E-state index contributed by atoms with van der Waals surface area (Å²) >= 11 is 3.27. The van der Waals surface area contributed by atoms with Crippen LogP contribution in [-0.2, 0) is 10.0 Å². The van der Waals surface area contributed by atoms with Gasteiger partial charge in [-0.1, -0.05) is 36.2 Å². The van der Waals surface area contributed by atoms with Gasteiger partial charge in [0.1, 0.15) is 0 Å². The molecule has 0 bridgehead atoms. The molecule has 6 heteroatoms. The van der Waals surface area contributed by atoms with Gasteiger partial charge in [-0.25, -0.2) is 13.1 Å². The van der Waals surface area contributed by atoms with Crippen LogP contribution in [0.3, 0.4) is 0 Å². The third-order valence-electron chi connectivity index (χ3n) is 3.19. The first-order chi connectivity index (χ1) is 8.77. The molecule has 2 N–H and O–H groups in total. The topological polar surface area (TPSA) is 66.4 Å². The molecule has 3 atom stereocenters. The van der Waals surface area contributed by atoms with Crippen molar-refractivity contribution in [1.29, 1.82) is 0 Å². The van der Waals surface area contributed by atoms with E-state index in [1.54, 1.807) is 19.1 Å². The molecule has 0 fully saturated rings. The maximum absolute atomic E-state index is 12.2. The van der Waals surface area contributed by atoms with E-state index in [0.717, 1.165) is 10.9 Å². The Balaban J connectivity index is 2.97. The highest BCUT2D eigenvalue weighted by atomic mass is 79.9. The molecule has 0 aliphatic carbocycles. The first kappa shape index (κ1) is 16.6. The SMILES string of the molecule is CC[C@H](C)[C@H](NS(=O)(=O)c1ccc(Br)cc1)C(C)O. The van der Waals surface area contributed by atoms with Gasteiger partial charge in [0.25, 0.3) is 0 Å². The number of hydrogen-bond acceptors (Lipinski definition) is 3. The highest BCUT2D eigenvalue weighted by molar-refractivity contribution is 9.10. The summed E-state index contributed by atoms with van der Waals surface area (Å²) in [7, 11) is -3.61. The predicted molar refractivity (Wildman–Crippen MR) is 79.4 cm³/mol. The van der Waals surface area contributed by atoms with E-state index in [1.807, 2.05) is 13.8 Å². The quantitative estimate of drug-likeness (QED) is 0.829. The van der Waals surface area contributed by atoms with Gasteiger partial charge in [0.2, 0.25) is 10.0 Å². The Morgan fingerprint density at radius 1 is 1.26 bits per heavy atom. The lowest BCUT2D eigenvalue weighted by Crippen LogP contribution is -2.46. The fraction of sp³-hybridized carbons (Fsp3) is 0.538. The van der Waals surface area contributed by atoms with Crippen LogP contribution in [0, 0.1) is 5.92 Å². The van der Waals surface area contributed by atoms with Crippen LogP contribution in [0.1, 0.15) is 27.2 Å². The van der Waals surface area contributed by atoms with Crippen molar-refractivity contribution in [2.75, 3.05) is 0 Å². The highest BCUT2D eigenvalue weighted by Gasteiger charge is 2.27. The molecule has 0 aliphatic rings. The average molecular weight is 350 g/mol. The number of sulfonamides is 1. The Labute approximate surface area is 123 Å². The van der Waals surface area contributed by atoms with Gasteiger partial charge in [0.15, 0.2) is 0 Å². The van der Waals surface area contributed by atoms with Crippen LogP contribution in [0.15, 0.2) is 33.6 Å². The molecule has 1 aromatic rings.